The third kappa shape index (κ3) is 2.08. The summed E-state index contributed by atoms with van der Waals surface area (Å²) in [6.45, 7) is 1.70. The summed E-state index contributed by atoms with van der Waals surface area (Å²) in [7, 11) is 0. The molecule has 3 aromatic rings. The van der Waals surface area contributed by atoms with E-state index in [0.29, 0.717) is 6.54 Å². The molecule has 6 heteroatoms. The van der Waals surface area contributed by atoms with Gasteiger partial charge in [-0.3, -0.25) is 4.98 Å². The maximum absolute atomic E-state index is 5.68. The van der Waals surface area contributed by atoms with Crippen LogP contribution in [0, 0.1) is 0 Å². The summed E-state index contributed by atoms with van der Waals surface area (Å²) in [6, 6.07) is 7.83. The fraction of sp³-hybridized carbons (Fsp3) is 0.250. The van der Waals surface area contributed by atoms with Crippen LogP contribution in [0.5, 0.6) is 11.5 Å². The van der Waals surface area contributed by atoms with Crippen LogP contribution in [-0.2, 0) is 6.54 Å². The molecule has 0 spiro atoms. The molecule has 0 saturated carbocycles. The molecule has 0 amide bonds. The zero-order valence-corrected chi connectivity index (χ0v) is 12.0. The van der Waals surface area contributed by atoms with Gasteiger partial charge in [0, 0.05) is 36.6 Å². The number of hydrogen-bond donors (Lipinski definition) is 1. The predicted molar refractivity (Wildman–Crippen MR) is 82.8 cm³/mol. The van der Waals surface area contributed by atoms with Crippen molar-refractivity contribution in [1.82, 2.24) is 14.5 Å². The molecule has 3 heterocycles. The Kier molecular flexibility index (Phi) is 3.16. The molecule has 0 aliphatic carbocycles. The monoisotopic (exact) mass is 296 g/mol. The average Bonchev–Trinajstić information content (AvgIpc) is 3.15. The van der Waals surface area contributed by atoms with E-state index in [9.17, 15) is 0 Å². The first-order chi connectivity index (χ1) is 10.9. The van der Waals surface area contributed by atoms with Crippen molar-refractivity contribution >= 4 is 11.0 Å². The first-order valence-corrected chi connectivity index (χ1v) is 7.27. The van der Waals surface area contributed by atoms with E-state index in [1.54, 1.807) is 6.20 Å². The number of nitrogens with zero attached hydrogens (tertiary/aromatic N) is 3. The SMILES string of the molecule is NCCCn1c(-c2cccnc2)nc2cc3c(cc21)OCO3. The number of aromatic nitrogens is 3. The van der Waals surface area contributed by atoms with Crippen molar-refractivity contribution in [1.29, 1.82) is 0 Å². The van der Waals surface area contributed by atoms with Crippen molar-refractivity contribution in [2.24, 2.45) is 5.73 Å². The van der Waals surface area contributed by atoms with Gasteiger partial charge in [0.1, 0.15) is 5.82 Å². The fourth-order valence-corrected chi connectivity index (χ4v) is 2.71. The van der Waals surface area contributed by atoms with E-state index in [4.69, 9.17) is 20.2 Å². The number of rotatable bonds is 4. The molecule has 1 aliphatic heterocycles. The van der Waals surface area contributed by atoms with Crippen molar-refractivity contribution in [2.45, 2.75) is 13.0 Å². The van der Waals surface area contributed by atoms with Crippen LogP contribution < -0.4 is 15.2 Å². The average molecular weight is 296 g/mol. The van der Waals surface area contributed by atoms with E-state index in [0.717, 1.165) is 46.9 Å². The van der Waals surface area contributed by atoms with Crippen molar-refractivity contribution in [2.75, 3.05) is 13.3 Å². The Morgan fingerprint density at radius 1 is 1.23 bits per heavy atom. The van der Waals surface area contributed by atoms with Gasteiger partial charge < -0.3 is 19.8 Å². The minimum Gasteiger partial charge on any atom is -0.454 e. The summed E-state index contributed by atoms with van der Waals surface area (Å²) < 4.78 is 13.1. The van der Waals surface area contributed by atoms with Gasteiger partial charge in [-0.05, 0) is 25.1 Å². The summed E-state index contributed by atoms with van der Waals surface area (Å²) in [4.78, 5) is 8.95. The molecular weight excluding hydrogens is 280 g/mol. The van der Waals surface area contributed by atoms with Crippen LogP contribution in [0.25, 0.3) is 22.4 Å². The molecule has 6 nitrogen and oxygen atoms in total. The van der Waals surface area contributed by atoms with Crippen molar-refractivity contribution in [3.8, 4) is 22.9 Å². The van der Waals surface area contributed by atoms with Crippen LogP contribution in [0.15, 0.2) is 36.7 Å². The van der Waals surface area contributed by atoms with Crippen LogP contribution in [0.3, 0.4) is 0 Å². The number of aryl methyl sites for hydroxylation is 1. The van der Waals surface area contributed by atoms with Gasteiger partial charge in [-0.2, -0.15) is 0 Å². The van der Waals surface area contributed by atoms with Gasteiger partial charge >= 0.3 is 0 Å². The van der Waals surface area contributed by atoms with E-state index < -0.39 is 0 Å². The number of imidazole rings is 1. The Bertz CT molecular complexity index is 814. The highest BCUT2D eigenvalue weighted by molar-refractivity contribution is 5.84. The van der Waals surface area contributed by atoms with E-state index >= 15 is 0 Å². The molecule has 4 rings (SSSR count). The van der Waals surface area contributed by atoms with Gasteiger partial charge in [-0.25, -0.2) is 4.98 Å². The molecule has 2 aromatic heterocycles. The fourth-order valence-electron chi connectivity index (χ4n) is 2.71. The maximum atomic E-state index is 5.68. The Hall–Kier alpha value is -2.60. The summed E-state index contributed by atoms with van der Waals surface area (Å²) >= 11 is 0. The third-order valence-corrected chi connectivity index (χ3v) is 3.75. The van der Waals surface area contributed by atoms with E-state index in [1.165, 1.54) is 0 Å². The van der Waals surface area contributed by atoms with Crippen LogP contribution >= 0.6 is 0 Å². The van der Waals surface area contributed by atoms with E-state index in [2.05, 4.69) is 9.55 Å². The maximum Gasteiger partial charge on any atom is 0.231 e. The second-order valence-corrected chi connectivity index (χ2v) is 5.17. The molecule has 2 N–H and O–H groups in total. The third-order valence-electron chi connectivity index (χ3n) is 3.75. The lowest BCUT2D eigenvalue weighted by Crippen LogP contribution is -2.07. The van der Waals surface area contributed by atoms with E-state index in [-0.39, 0.29) is 6.79 Å². The molecule has 112 valence electrons. The Morgan fingerprint density at radius 2 is 2.09 bits per heavy atom. The van der Waals surface area contributed by atoms with Crippen LogP contribution in [0.4, 0.5) is 0 Å². The van der Waals surface area contributed by atoms with Gasteiger partial charge in [-0.15, -0.1) is 0 Å². The Balaban J connectivity index is 1.91. The van der Waals surface area contributed by atoms with Gasteiger partial charge in [0.05, 0.1) is 11.0 Å². The van der Waals surface area contributed by atoms with Crippen LogP contribution in [0.1, 0.15) is 6.42 Å². The van der Waals surface area contributed by atoms with Gasteiger partial charge in [0.15, 0.2) is 11.5 Å². The van der Waals surface area contributed by atoms with Crippen molar-refractivity contribution < 1.29 is 9.47 Å². The number of fused-ring (bicyclic) bond motifs is 2. The summed E-state index contributed by atoms with van der Waals surface area (Å²) in [5.74, 6) is 2.40. The van der Waals surface area contributed by atoms with Crippen LogP contribution in [-0.4, -0.2) is 27.9 Å². The molecular formula is C16H16N4O2. The highest BCUT2D eigenvalue weighted by Crippen LogP contribution is 2.37. The normalized spacial score (nSPS) is 13.0. The Labute approximate surface area is 127 Å². The number of pyridine rings is 1. The van der Waals surface area contributed by atoms with Crippen molar-refractivity contribution in [3.05, 3.63) is 36.7 Å². The molecule has 0 fully saturated rings. The largest absolute Gasteiger partial charge is 0.454 e. The van der Waals surface area contributed by atoms with Gasteiger partial charge in [0.2, 0.25) is 6.79 Å². The molecule has 0 unspecified atom stereocenters. The minimum absolute atomic E-state index is 0.264. The van der Waals surface area contributed by atoms with Crippen molar-refractivity contribution in [3.63, 3.8) is 0 Å². The molecule has 22 heavy (non-hydrogen) atoms. The zero-order chi connectivity index (χ0) is 14.9. The van der Waals surface area contributed by atoms with E-state index in [1.807, 2.05) is 30.5 Å². The van der Waals surface area contributed by atoms with Crippen LogP contribution in [0.2, 0.25) is 0 Å². The highest BCUT2D eigenvalue weighted by atomic mass is 16.7. The summed E-state index contributed by atoms with van der Waals surface area (Å²) in [5.41, 5.74) is 8.57. The highest BCUT2D eigenvalue weighted by Gasteiger charge is 2.19. The lowest BCUT2D eigenvalue weighted by molar-refractivity contribution is 0.174. The summed E-state index contributed by atoms with van der Waals surface area (Å²) in [6.07, 6.45) is 4.46. The summed E-state index contributed by atoms with van der Waals surface area (Å²) in [5, 5.41) is 0. The molecule has 1 aromatic carbocycles. The molecule has 0 radical (unpaired) electrons. The topological polar surface area (TPSA) is 75.2 Å². The molecule has 1 aliphatic rings. The zero-order valence-electron chi connectivity index (χ0n) is 12.0. The number of benzene rings is 1. The number of hydrogen-bond acceptors (Lipinski definition) is 5. The number of ether oxygens (including phenoxy) is 2. The Morgan fingerprint density at radius 3 is 2.86 bits per heavy atom. The quantitative estimate of drug-likeness (QED) is 0.798. The standard InChI is InChI=1S/C16H16N4O2/c17-4-2-6-20-13-8-15-14(21-10-22-15)7-12(13)19-16(20)11-3-1-5-18-9-11/h1,3,5,7-9H,2,4,6,10,17H2. The smallest absolute Gasteiger partial charge is 0.231 e. The predicted octanol–water partition coefficient (Wildman–Crippen LogP) is 2.18. The number of nitrogens with two attached hydrogens (primary N) is 1. The lowest BCUT2D eigenvalue weighted by Gasteiger charge is -2.08. The second-order valence-electron chi connectivity index (χ2n) is 5.17. The first-order valence-electron chi connectivity index (χ1n) is 7.27. The minimum atomic E-state index is 0.264. The van der Waals surface area contributed by atoms with Gasteiger partial charge in [0.25, 0.3) is 0 Å². The second kappa shape index (κ2) is 5.31. The first kappa shape index (κ1) is 13.1. The molecule has 0 atom stereocenters. The van der Waals surface area contributed by atoms with Gasteiger partial charge in [-0.1, -0.05) is 0 Å². The molecule has 0 bridgehead atoms. The molecule has 0 saturated heterocycles. The lowest BCUT2D eigenvalue weighted by atomic mass is 10.2.